The summed E-state index contributed by atoms with van der Waals surface area (Å²) in [6.45, 7) is 4.44. The first kappa shape index (κ1) is 28.7. The summed E-state index contributed by atoms with van der Waals surface area (Å²) in [5, 5.41) is 0. The third-order valence-corrected chi connectivity index (χ3v) is 8.69. The van der Waals surface area contributed by atoms with Crippen LogP contribution in [0.5, 0.6) is 5.75 Å². The van der Waals surface area contributed by atoms with Crippen LogP contribution in [0.4, 0.5) is 10.5 Å². The van der Waals surface area contributed by atoms with Gasteiger partial charge in [0.15, 0.2) is 0 Å². The van der Waals surface area contributed by atoms with E-state index < -0.39 is 0 Å². The highest BCUT2D eigenvalue weighted by atomic mass is 16.6. The number of hydrogen-bond acceptors (Lipinski definition) is 7. The van der Waals surface area contributed by atoms with E-state index in [2.05, 4.69) is 4.90 Å². The molecule has 2 bridgehead atoms. The Morgan fingerprint density at radius 1 is 0.860 bits per heavy atom. The number of para-hydroxylation sites is 1. The number of carbonyl (C=O) groups is 3. The van der Waals surface area contributed by atoms with Crippen LogP contribution in [-0.2, 0) is 27.4 Å². The van der Waals surface area contributed by atoms with E-state index in [1.165, 1.54) is 7.11 Å². The second-order valence-corrected chi connectivity index (χ2v) is 11.5. The summed E-state index contributed by atoms with van der Waals surface area (Å²) in [5.41, 5.74) is 3.20. The molecule has 0 aliphatic carbocycles. The van der Waals surface area contributed by atoms with Gasteiger partial charge in [0, 0.05) is 30.9 Å². The van der Waals surface area contributed by atoms with Gasteiger partial charge in [0.05, 0.1) is 19.6 Å². The van der Waals surface area contributed by atoms with Crippen LogP contribution in [0.1, 0.15) is 34.3 Å². The van der Waals surface area contributed by atoms with Gasteiger partial charge in [-0.05, 0) is 79.4 Å². The van der Waals surface area contributed by atoms with Gasteiger partial charge in [-0.3, -0.25) is 19.4 Å². The first-order valence-electron chi connectivity index (χ1n) is 14.9. The monoisotopic (exact) mass is 583 g/mol. The van der Waals surface area contributed by atoms with Gasteiger partial charge >= 0.3 is 12.1 Å². The number of likely N-dealkylation sites (tertiary alicyclic amines) is 1. The molecular formula is C34H37N3O6. The maximum absolute atomic E-state index is 13.5. The molecule has 7 rings (SSSR count). The Labute approximate surface area is 251 Å². The van der Waals surface area contributed by atoms with E-state index >= 15 is 0 Å². The van der Waals surface area contributed by atoms with Crippen LogP contribution in [-0.4, -0.2) is 73.7 Å². The Hall–Kier alpha value is -4.37. The number of carbonyl (C=O) groups excluding carboxylic acids is 3. The summed E-state index contributed by atoms with van der Waals surface area (Å²) >= 11 is 0. The smallest absolute Gasteiger partial charge is 0.414 e. The number of ether oxygens (including phenoxy) is 3. The predicted molar refractivity (Wildman–Crippen MR) is 161 cm³/mol. The molecule has 0 spiro atoms. The summed E-state index contributed by atoms with van der Waals surface area (Å²) in [5.74, 6) is 0.497. The van der Waals surface area contributed by atoms with Crippen LogP contribution in [0.25, 0.3) is 0 Å². The minimum Gasteiger partial charge on any atom is -0.489 e. The summed E-state index contributed by atoms with van der Waals surface area (Å²) in [6, 6.07) is 24.7. The van der Waals surface area contributed by atoms with Gasteiger partial charge in [-0.15, -0.1) is 0 Å². The number of anilines is 1. The van der Waals surface area contributed by atoms with Crippen molar-refractivity contribution in [3.05, 3.63) is 95.6 Å². The number of amides is 2. The fraction of sp³-hybridized carbons (Fsp3) is 0.382. The third kappa shape index (κ3) is 6.67. The Bertz CT molecular complexity index is 1430. The van der Waals surface area contributed by atoms with E-state index in [0.29, 0.717) is 43.5 Å². The standard InChI is InChI=1S/C34H37N3O6/c1-41-33(39)28-20-36(21-28)32(38)27-12-10-24(11-13-27)23-42-30-9-5-6-25(18-30)19-37(29-7-3-2-4-8-29)34(40)43-31-22-35-16-14-26(31)15-17-35/h2-13,18,26,28,31H,14-17,19-23H2,1H3/t31-/m0/s1. The zero-order valence-electron chi connectivity index (χ0n) is 24.4. The molecule has 4 saturated heterocycles. The lowest BCUT2D eigenvalue weighted by molar-refractivity contribution is -0.149. The van der Waals surface area contributed by atoms with Crippen molar-refractivity contribution in [3.63, 3.8) is 0 Å². The molecule has 0 radical (unpaired) electrons. The van der Waals surface area contributed by atoms with Crippen LogP contribution in [0.2, 0.25) is 0 Å². The van der Waals surface area contributed by atoms with Gasteiger partial charge in [-0.2, -0.15) is 0 Å². The number of hydrogen-bond donors (Lipinski definition) is 0. The van der Waals surface area contributed by atoms with Crippen molar-refractivity contribution in [2.24, 2.45) is 11.8 Å². The number of methoxy groups -OCH3 is 1. The second-order valence-electron chi connectivity index (χ2n) is 11.5. The van der Waals surface area contributed by atoms with Gasteiger partial charge in [0.25, 0.3) is 5.91 Å². The van der Waals surface area contributed by atoms with E-state index in [9.17, 15) is 14.4 Å². The van der Waals surface area contributed by atoms with Crippen molar-refractivity contribution in [1.82, 2.24) is 9.80 Å². The van der Waals surface area contributed by atoms with Crippen molar-refractivity contribution in [1.29, 1.82) is 0 Å². The number of benzene rings is 3. The molecule has 0 aromatic heterocycles. The van der Waals surface area contributed by atoms with Crippen molar-refractivity contribution >= 4 is 23.7 Å². The minimum absolute atomic E-state index is 0.0692. The Morgan fingerprint density at radius 3 is 2.28 bits per heavy atom. The van der Waals surface area contributed by atoms with Gasteiger partial charge in [-0.1, -0.05) is 42.5 Å². The first-order chi connectivity index (χ1) is 21.0. The number of esters is 1. The first-order valence-corrected chi connectivity index (χ1v) is 14.9. The highest BCUT2D eigenvalue weighted by Crippen LogP contribution is 2.31. The Kier molecular flexibility index (Phi) is 8.60. The zero-order valence-corrected chi connectivity index (χ0v) is 24.4. The third-order valence-electron chi connectivity index (χ3n) is 8.69. The molecule has 4 fully saturated rings. The molecule has 4 aliphatic heterocycles. The number of nitrogens with zero attached hydrogens (tertiary/aromatic N) is 3. The molecular weight excluding hydrogens is 546 g/mol. The maximum atomic E-state index is 13.5. The molecule has 4 heterocycles. The lowest BCUT2D eigenvalue weighted by Gasteiger charge is -2.44. The van der Waals surface area contributed by atoms with Gasteiger partial charge in [0.1, 0.15) is 18.5 Å². The van der Waals surface area contributed by atoms with Crippen LogP contribution in [0.15, 0.2) is 78.9 Å². The summed E-state index contributed by atoms with van der Waals surface area (Å²) < 4.78 is 16.9. The van der Waals surface area contributed by atoms with Crippen LogP contribution < -0.4 is 9.64 Å². The Morgan fingerprint density at radius 2 is 1.60 bits per heavy atom. The lowest BCUT2D eigenvalue weighted by Crippen LogP contribution is -2.53. The van der Waals surface area contributed by atoms with E-state index in [1.54, 1.807) is 21.9 Å². The van der Waals surface area contributed by atoms with Gasteiger partial charge < -0.3 is 19.1 Å². The van der Waals surface area contributed by atoms with Crippen molar-refractivity contribution in [3.8, 4) is 5.75 Å². The molecule has 0 saturated carbocycles. The fourth-order valence-electron chi connectivity index (χ4n) is 6.08. The van der Waals surface area contributed by atoms with E-state index in [-0.39, 0.29) is 30.0 Å². The average molecular weight is 584 g/mol. The quantitative estimate of drug-likeness (QED) is 0.336. The molecule has 0 N–H and O–H groups in total. The molecule has 3 aromatic carbocycles. The maximum Gasteiger partial charge on any atom is 0.414 e. The molecule has 43 heavy (non-hydrogen) atoms. The van der Waals surface area contributed by atoms with Crippen LogP contribution in [0, 0.1) is 11.8 Å². The largest absolute Gasteiger partial charge is 0.489 e. The number of piperidine rings is 3. The molecule has 3 aromatic rings. The summed E-state index contributed by atoms with van der Waals surface area (Å²) in [6.07, 6.45) is 1.76. The normalized spacial score (nSPS) is 21.0. The zero-order chi connectivity index (χ0) is 29.8. The van der Waals surface area contributed by atoms with E-state index in [4.69, 9.17) is 14.2 Å². The molecule has 9 nitrogen and oxygen atoms in total. The molecule has 224 valence electrons. The molecule has 0 unspecified atom stereocenters. The van der Waals surface area contributed by atoms with Crippen molar-refractivity contribution < 1.29 is 28.6 Å². The van der Waals surface area contributed by atoms with E-state index in [0.717, 1.165) is 49.3 Å². The summed E-state index contributed by atoms with van der Waals surface area (Å²) in [4.78, 5) is 43.5. The number of fused-ring (bicyclic) bond motifs is 3. The van der Waals surface area contributed by atoms with Crippen LogP contribution in [0.3, 0.4) is 0 Å². The fourth-order valence-corrected chi connectivity index (χ4v) is 6.08. The predicted octanol–water partition coefficient (Wildman–Crippen LogP) is 4.75. The second kappa shape index (κ2) is 12.9. The average Bonchev–Trinajstić information content (AvgIpc) is 3.03. The van der Waals surface area contributed by atoms with Crippen molar-refractivity contribution in [2.45, 2.75) is 32.1 Å². The minimum atomic E-state index is -0.329. The molecule has 1 atom stereocenters. The Balaban J connectivity index is 1.06. The van der Waals surface area contributed by atoms with E-state index in [1.807, 2.05) is 66.7 Å². The van der Waals surface area contributed by atoms with Crippen LogP contribution >= 0.6 is 0 Å². The molecule has 4 aliphatic rings. The lowest BCUT2D eigenvalue weighted by atomic mass is 9.86. The summed E-state index contributed by atoms with van der Waals surface area (Å²) in [7, 11) is 1.36. The highest BCUT2D eigenvalue weighted by molar-refractivity contribution is 5.95. The van der Waals surface area contributed by atoms with Gasteiger partial charge in [0.2, 0.25) is 0 Å². The topological polar surface area (TPSA) is 88.6 Å². The number of rotatable bonds is 9. The highest BCUT2D eigenvalue weighted by Gasteiger charge is 2.38. The molecule has 2 amide bonds. The molecule has 9 heteroatoms. The van der Waals surface area contributed by atoms with Gasteiger partial charge in [-0.25, -0.2) is 4.79 Å². The SMILES string of the molecule is COC(=O)C1CN(C(=O)c2ccc(COc3cccc(CN(C(=O)O[C@H]4CN5CCC4CC5)c4ccccc4)c3)cc2)C1. The van der Waals surface area contributed by atoms with Crippen molar-refractivity contribution in [2.75, 3.05) is 44.7 Å².